The molecule has 2 aliphatic heterocycles. The van der Waals surface area contributed by atoms with Gasteiger partial charge in [0, 0.05) is 55.9 Å². The van der Waals surface area contributed by atoms with Gasteiger partial charge in [0.15, 0.2) is 0 Å². The number of benzene rings is 1. The molecule has 1 aromatic carbocycles. The van der Waals surface area contributed by atoms with Gasteiger partial charge in [-0.15, -0.1) is 0 Å². The fraction of sp³-hybridized carbons (Fsp3) is 0.609. The van der Waals surface area contributed by atoms with Crippen molar-refractivity contribution in [2.45, 2.75) is 51.6 Å². The predicted molar refractivity (Wildman–Crippen MR) is 113 cm³/mol. The van der Waals surface area contributed by atoms with Gasteiger partial charge < -0.3 is 19.3 Å². The molecule has 0 aliphatic carbocycles. The van der Waals surface area contributed by atoms with Crippen molar-refractivity contribution < 1.29 is 14.3 Å². The molecule has 1 fully saturated rings. The Hall–Kier alpha value is -1.85. The van der Waals surface area contributed by atoms with Gasteiger partial charge in [-0.05, 0) is 50.3 Å². The van der Waals surface area contributed by atoms with Gasteiger partial charge in [-0.1, -0.05) is 19.9 Å². The second-order valence-corrected chi connectivity index (χ2v) is 7.72. The van der Waals surface area contributed by atoms with Gasteiger partial charge in [-0.2, -0.15) is 0 Å². The fourth-order valence-corrected chi connectivity index (χ4v) is 4.07. The van der Waals surface area contributed by atoms with Crippen LogP contribution in [0.15, 0.2) is 30.5 Å². The molecular formula is C23H34N2O3. The first-order chi connectivity index (χ1) is 13.7. The number of piperidine rings is 1. The summed E-state index contributed by atoms with van der Waals surface area (Å²) in [4.78, 5) is 17.2. The Morgan fingerprint density at radius 3 is 2.68 bits per heavy atom. The van der Waals surface area contributed by atoms with Crippen LogP contribution in [0, 0.1) is 0 Å². The van der Waals surface area contributed by atoms with Gasteiger partial charge in [-0.25, -0.2) is 0 Å². The number of hydrogen-bond acceptors (Lipinski definition) is 4. The zero-order valence-electron chi connectivity index (χ0n) is 17.4. The van der Waals surface area contributed by atoms with Crippen molar-refractivity contribution in [2.75, 3.05) is 44.9 Å². The molecule has 1 saturated heterocycles. The minimum Gasteiger partial charge on any atom is -0.385 e. The number of anilines is 1. The summed E-state index contributed by atoms with van der Waals surface area (Å²) in [6.45, 7) is 10.5. The van der Waals surface area contributed by atoms with E-state index >= 15 is 0 Å². The molecule has 5 nitrogen and oxygen atoms in total. The van der Waals surface area contributed by atoms with Gasteiger partial charge >= 0.3 is 0 Å². The van der Waals surface area contributed by atoms with E-state index in [4.69, 9.17) is 9.47 Å². The Balaban J connectivity index is 1.82. The van der Waals surface area contributed by atoms with Crippen LogP contribution in [0.3, 0.4) is 0 Å². The first kappa shape index (κ1) is 20.9. The Morgan fingerprint density at radius 2 is 1.96 bits per heavy atom. The lowest BCUT2D eigenvalue weighted by Gasteiger charge is -2.27. The Labute approximate surface area is 169 Å². The molecule has 154 valence electrons. The minimum absolute atomic E-state index is 0.137. The molecule has 0 spiro atoms. The van der Waals surface area contributed by atoms with Crippen LogP contribution in [0.4, 0.5) is 5.69 Å². The molecule has 1 aromatic rings. The maximum atomic E-state index is 13.0. The summed E-state index contributed by atoms with van der Waals surface area (Å²) in [5.41, 5.74) is 3.94. The number of ether oxygens (including phenoxy) is 2. The fourth-order valence-electron chi connectivity index (χ4n) is 4.07. The highest BCUT2D eigenvalue weighted by molar-refractivity contribution is 5.95. The number of rotatable bonds is 9. The van der Waals surface area contributed by atoms with Crippen molar-refractivity contribution in [3.8, 4) is 0 Å². The predicted octanol–water partition coefficient (Wildman–Crippen LogP) is 4.54. The van der Waals surface area contributed by atoms with Crippen LogP contribution in [0.25, 0.3) is 0 Å². The van der Waals surface area contributed by atoms with Crippen molar-refractivity contribution >= 4 is 11.6 Å². The van der Waals surface area contributed by atoms with Crippen LogP contribution >= 0.6 is 0 Å². The normalized spacial score (nSPS) is 19.2. The Kier molecular flexibility index (Phi) is 7.51. The highest BCUT2D eigenvalue weighted by Crippen LogP contribution is 2.44. The minimum atomic E-state index is -0.183. The van der Waals surface area contributed by atoms with Crippen molar-refractivity contribution in [1.29, 1.82) is 0 Å². The summed E-state index contributed by atoms with van der Waals surface area (Å²) < 4.78 is 11.3. The number of nitrogens with zero attached hydrogens (tertiary/aromatic N) is 2. The van der Waals surface area contributed by atoms with E-state index in [2.05, 4.69) is 24.5 Å². The molecule has 28 heavy (non-hydrogen) atoms. The van der Waals surface area contributed by atoms with Crippen LogP contribution in [-0.2, 0) is 9.47 Å². The van der Waals surface area contributed by atoms with Crippen molar-refractivity contribution in [1.82, 2.24) is 4.90 Å². The van der Waals surface area contributed by atoms with Crippen molar-refractivity contribution in [3.63, 3.8) is 0 Å². The average Bonchev–Trinajstić information content (AvgIpc) is 3.00. The second-order valence-electron chi connectivity index (χ2n) is 7.72. The highest BCUT2D eigenvalue weighted by atomic mass is 16.5. The van der Waals surface area contributed by atoms with Crippen molar-refractivity contribution in [3.05, 3.63) is 41.6 Å². The summed E-state index contributed by atoms with van der Waals surface area (Å²) in [5.74, 6) is 0.137. The zero-order valence-corrected chi connectivity index (χ0v) is 17.4. The van der Waals surface area contributed by atoms with Crippen LogP contribution < -0.4 is 4.90 Å². The quantitative estimate of drug-likeness (QED) is 0.584. The van der Waals surface area contributed by atoms with Crippen LogP contribution in [0.1, 0.15) is 67.5 Å². The monoisotopic (exact) mass is 386 g/mol. The summed E-state index contributed by atoms with van der Waals surface area (Å²) in [6, 6.07) is 6.07. The number of methoxy groups -OCH3 is 1. The maximum absolute atomic E-state index is 13.0. The van der Waals surface area contributed by atoms with E-state index in [-0.39, 0.29) is 12.0 Å². The molecule has 1 unspecified atom stereocenters. The van der Waals surface area contributed by atoms with Gasteiger partial charge in [0.2, 0.25) is 0 Å². The van der Waals surface area contributed by atoms with Gasteiger partial charge in [0.25, 0.3) is 5.91 Å². The third-order valence-electron chi connectivity index (χ3n) is 5.65. The van der Waals surface area contributed by atoms with Crippen molar-refractivity contribution in [2.24, 2.45) is 0 Å². The third kappa shape index (κ3) is 4.58. The second kappa shape index (κ2) is 10.1. The van der Waals surface area contributed by atoms with Gasteiger partial charge in [0.05, 0.1) is 6.61 Å². The molecule has 1 amide bonds. The molecule has 0 radical (unpaired) electrons. The topological polar surface area (TPSA) is 42.0 Å². The van der Waals surface area contributed by atoms with E-state index in [0.717, 1.165) is 74.2 Å². The van der Waals surface area contributed by atoms with Crippen LogP contribution in [0.2, 0.25) is 0 Å². The number of hydrogen-bond donors (Lipinski definition) is 0. The zero-order chi connectivity index (χ0) is 19.9. The van der Waals surface area contributed by atoms with E-state index in [1.807, 2.05) is 17.0 Å². The smallest absolute Gasteiger partial charge is 0.253 e. The maximum Gasteiger partial charge on any atom is 0.253 e. The Bertz CT molecular complexity index is 682. The van der Waals surface area contributed by atoms with Crippen LogP contribution in [-0.4, -0.2) is 50.8 Å². The molecule has 5 heteroatoms. The summed E-state index contributed by atoms with van der Waals surface area (Å²) in [6.07, 6.45) is 6.31. The number of amides is 1. The molecular weight excluding hydrogens is 352 g/mol. The van der Waals surface area contributed by atoms with E-state index < -0.39 is 0 Å². The van der Waals surface area contributed by atoms with E-state index in [1.165, 1.54) is 6.42 Å². The average molecular weight is 387 g/mol. The SMILES string of the molecule is C=C1C(OCCCOC)c2cc(C(=O)N3CCCCC3)ccc2N1CCCC. The standard InChI is InChI=1S/C23H34N2O3/c1-4-5-14-25-18(2)22(28-16-9-15-27-3)20-17-19(10-11-21(20)25)23(26)24-12-7-6-8-13-24/h10-11,17,22H,2,4-9,12-16H2,1,3H3. The lowest BCUT2D eigenvalue weighted by atomic mass is 10.0. The van der Waals surface area contributed by atoms with Crippen LogP contribution in [0.5, 0.6) is 0 Å². The number of unbranched alkanes of at least 4 members (excludes halogenated alkanes) is 1. The summed E-state index contributed by atoms with van der Waals surface area (Å²) >= 11 is 0. The molecule has 0 aromatic heterocycles. The third-order valence-corrected chi connectivity index (χ3v) is 5.65. The molecule has 0 saturated carbocycles. The lowest BCUT2D eigenvalue weighted by molar-refractivity contribution is 0.0620. The van der Waals surface area contributed by atoms with Gasteiger partial charge in [-0.3, -0.25) is 4.79 Å². The molecule has 3 rings (SSSR count). The molecule has 0 bridgehead atoms. The largest absolute Gasteiger partial charge is 0.385 e. The molecule has 2 aliphatic rings. The van der Waals surface area contributed by atoms with E-state index in [0.29, 0.717) is 13.2 Å². The highest BCUT2D eigenvalue weighted by Gasteiger charge is 2.34. The van der Waals surface area contributed by atoms with Gasteiger partial charge in [0.1, 0.15) is 6.10 Å². The first-order valence-corrected chi connectivity index (χ1v) is 10.7. The number of likely N-dealkylation sites (tertiary alicyclic amines) is 1. The number of fused-ring (bicyclic) bond motifs is 1. The molecule has 0 N–H and O–H groups in total. The lowest BCUT2D eigenvalue weighted by Crippen LogP contribution is -2.35. The Morgan fingerprint density at radius 1 is 1.18 bits per heavy atom. The molecule has 2 heterocycles. The summed E-state index contributed by atoms with van der Waals surface area (Å²) in [7, 11) is 1.70. The van der Waals surface area contributed by atoms with E-state index in [9.17, 15) is 4.79 Å². The summed E-state index contributed by atoms with van der Waals surface area (Å²) in [5, 5.41) is 0. The van der Waals surface area contributed by atoms with E-state index in [1.54, 1.807) is 7.11 Å². The first-order valence-electron chi connectivity index (χ1n) is 10.7. The molecule has 1 atom stereocenters. The number of carbonyl (C=O) groups is 1. The number of carbonyl (C=O) groups excluding carboxylic acids is 1.